The van der Waals surface area contributed by atoms with E-state index in [-0.39, 0.29) is 11.8 Å². The Kier molecular flexibility index (Phi) is 5.95. The number of fused-ring (bicyclic) bond motifs is 1. The molecule has 2 amide bonds. The van der Waals surface area contributed by atoms with Gasteiger partial charge < -0.3 is 20.1 Å². The number of ether oxygens (including phenoxy) is 1. The van der Waals surface area contributed by atoms with E-state index in [9.17, 15) is 9.90 Å². The van der Waals surface area contributed by atoms with Crippen molar-refractivity contribution in [3.05, 3.63) is 65.8 Å². The fourth-order valence-electron chi connectivity index (χ4n) is 3.91. The Morgan fingerprint density at radius 3 is 2.74 bits per heavy atom. The van der Waals surface area contributed by atoms with Crippen molar-refractivity contribution >= 4 is 40.6 Å². The maximum atomic E-state index is 12.6. The van der Waals surface area contributed by atoms with Crippen molar-refractivity contribution < 1.29 is 14.6 Å². The molecule has 10 heteroatoms. The number of nitrogens with zero attached hydrogens (tertiary/aromatic N) is 5. The van der Waals surface area contributed by atoms with Crippen LogP contribution in [0.1, 0.15) is 0 Å². The van der Waals surface area contributed by atoms with Crippen molar-refractivity contribution in [1.29, 1.82) is 0 Å². The van der Waals surface area contributed by atoms with E-state index >= 15 is 0 Å². The Balaban J connectivity index is 1.31. The van der Waals surface area contributed by atoms with Crippen molar-refractivity contribution in [3.63, 3.8) is 0 Å². The minimum atomic E-state index is -0.0116. The van der Waals surface area contributed by atoms with Gasteiger partial charge in [-0.25, -0.2) is 9.31 Å². The number of anilines is 3. The van der Waals surface area contributed by atoms with Crippen LogP contribution in [-0.2, 0) is 4.74 Å². The first kappa shape index (κ1) is 22.0. The number of phenols is 1. The van der Waals surface area contributed by atoms with Crippen LogP contribution in [0, 0.1) is 0 Å². The third kappa shape index (κ3) is 4.35. The summed E-state index contributed by atoms with van der Waals surface area (Å²) in [6.07, 6.45) is 1.81. The van der Waals surface area contributed by atoms with Crippen molar-refractivity contribution in [2.75, 3.05) is 43.6 Å². The van der Waals surface area contributed by atoms with Crippen LogP contribution >= 0.6 is 11.6 Å². The van der Waals surface area contributed by atoms with Crippen LogP contribution in [0.2, 0.25) is 5.02 Å². The molecular formula is C24H23ClN6O3. The number of methoxy groups -OCH3 is 1. The van der Waals surface area contributed by atoms with Gasteiger partial charge in [0, 0.05) is 60.5 Å². The van der Waals surface area contributed by atoms with Gasteiger partial charge in [-0.3, -0.25) is 4.90 Å². The Morgan fingerprint density at radius 1 is 1.12 bits per heavy atom. The van der Waals surface area contributed by atoms with Crippen LogP contribution in [0.3, 0.4) is 0 Å². The molecule has 34 heavy (non-hydrogen) atoms. The summed E-state index contributed by atoms with van der Waals surface area (Å²) in [6, 6.07) is 16.1. The number of phenolic OH excluding ortho intramolecular Hbond substituents is 1. The molecule has 5 rings (SSSR count). The van der Waals surface area contributed by atoms with Gasteiger partial charge in [0.15, 0.2) is 5.65 Å². The maximum Gasteiger partial charge on any atom is 0.324 e. The van der Waals surface area contributed by atoms with Crippen molar-refractivity contribution in [2.24, 2.45) is 0 Å². The van der Waals surface area contributed by atoms with E-state index in [1.807, 2.05) is 42.6 Å². The number of halogens is 1. The quantitative estimate of drug-likeness (QED) is 0.409. The molecule has 0 bridgehead atoms. The number of amides is 2. The normalized spacial score (nSPS) is 13.8. The first-order chi connectivity index (χ1) is 16.5. The van der Waals surface area contributed by atoms with E-state index in [0.29, 0.717) is 48.4 Å². The number of urea groups is 1. The molecule has 4 aromatic rings. The third-order valence-corrected chi connectivity index (χ3v) is 6.02. The topological polar surface area (TPSA) is 95.2 Å². The molecule has 1 fully saturated rings. The number of benzene rings is 2. The Labute approximate surface area is 201 Å². The minimum absolute atomic E-state index is 0.0116. The number of carbonyl (C=O) groups excluding carboxylic acids is 1. The molecule has 2 aromatic heterocycles. The summed E-state index contributed by atoms with van der Waals surface area (Å²) >= 11 is 6.29. The monoisotopic (exact) mass is 478 g/mol. The highest BCUT2D eigenvalue weighted by molar-refractivity contribution is 6.33. The molecule has 1 saturated heterocycles. The maximum absolute atomic E-state index is 12.6. The number of aromatic nitrogens is 3. The average molecular weight is 479 g/mol. The number of rotatable bonds is 7. The zero-order valence-corrected chi connectivity index (χ0v) is 19.2. The van der Waals surface area contributed by atoms with E-state index in [1.54, 1.807) is 39.6 Å². The van der Waals surface area contributed by atoms with Gasteiger partial charge in [0.1, 0.15) is 5.75 Å². The number of pyridine rings is 1. The van der Waals surface area contributed by atoms with Gasteiger partial charge >= 0.3 is 6.03 Å². The molecule has 0 saturated carbocycles. The molecule has 0 unspecified atom stereocenters. The molecule has 3 heterocycles. The lowest BCUT2D eigenvalue weighted by molar-refractivity contribution is 0.162. The van der Waals surface area contributed by atoms with E-state index in [4.69, 9.17) is 16.3 Å². The van der Waals surface area contributed by atoms with E-state index in [2.05, 4.69) is 15.4 Å². The van der Waals surface area contributed by atoms with Crippen LogP contribution in [0.15, 0.2) is 60.8 Å². The third-order valence-electron chi connectivity index (χ3n) is 5.69. The highest BCUT2D eigenvalue weighted by atomic mass is 35.5. The first-order valence-electron chi connectivity index (χ1n) is 10.8. The van der Waals surface area contributed by atoms with E-state index in [1.165, 1.54) is 0 Å². The highest BCUT2D eigenvalue weighted by Gasteiger charge is 2.29. The molecule has 174 valence electrons. The smallest absolute Gasteiger partial charge is 0.324 e. The molecule has 0 radical (unpaired) electrons. The average Bonchev–Trinajstić information content (AvgIpc) is 3.41. The van der Waals surface area contributed by atoms with Gasteiger partial charge in [-0.05, 0) is 54.6 Å². The largest absolute Gasteiger partial charge is 0.508 e. The second kappa shape index (κ2) is 9.20. The number of hydrogen-bond donors (Lipinski definition) is 2. The lowest BCUT2D eigenvalue weighted by Gasteiger charge is -2.18. The number of aromatic hydroxyl groups is 1. The van der Waals surface area contributed by atoms with Crippen LogP contribution < -0.4 is 10.2 Å². The van der Waals surface area contributed by atoms with Crippen molar-refractivity contribution in [1.82, 2.24) is 19.5 Å². The second-order valence-electron chi connectivity index (χ2n) is 7.91. The summed E-state index contributed by atoms with van der Waals surface area (Å²) < 4.78 is 6.73. The van der Waals surface area contributed by atoms with Gasteiger partial charge in [0.05, 0.1) is 6.61 Å². The summed E-state index contributed by atoms with van der Waals surface area (Å²) in [4.78, 5) is 20.6. The summed E-state index contributed by atoms with van der Waals surface area (Å²) in [5.41, 5.74) is 3.83. The van der Waals surface area contributed by atoms with E-state index in [0.717, 1.165) is 16.9 Å². The van der Waals surface area contributed by atoms with Gasteiger partial charge in [-0.15, -0.1) is 5.10 Å². The molecule has 2 N–H and O–H groups in total. The number of nitrogens with one attached hydrogen (secondary N) is 1. The Bertz CT molecular complexity index is 1340. The van der Waals surface area contributed by atoms with E-state index < -0.39 is 0 Å². The van der Waals surface area contributed by atoms with Crippen LogP contribution in [0.4, 0.5) is 22.1 Å². The molecule has 0 atom stereocenters. The molecule has 9 nitrogen and oxygen atoms in total. The van der Waals surface area contributed by atoms with Gasteiger partial charge in [-0.2, -0.15) is 4.98 Å². The van der Waals surface area contributed by atoms with Crippen LogP contribution in [0.25, 0.3) is 16.8 Å². The number of hydrogen-bond acceptors (Lipinski definition) is 6. The molecule has 0 spiro atoms. The highest BCUT2D eigenvalue weighted by Crippen LogP contribution is 2.31. The zero-order chi connectivity index (χ0) is 23.7. The fraction of sp³-hybridized carbons (Fsp3) is 0.208. The lowest BCUT2D eigenvalue weighted by Crippen LogP contribution is -2.33. The SMILES string of the molecule is COCCN1CCN(c2ccc(Nc3nc4ccc(-c5cc(O)ccc5Cl)cn4n3)cc2)C1=O. The standard InChI is InChI=1S/C24H23ClN6O3/c1-34-13-12-29-10-11-30(24(29)33)18-5-3-17(4-6-18)26-23-27-22-9-2-16(15-31(22)28-23)20-14-19(32)7-8-21(20)25/h2-9,14-15,32H,10-13H2,1H3,(H,26,28). The fourth-order valence-corrected chi connectivity index (χ4v) is 4.14. The van der Waals surface area contributed by atoms with Gasteiger partial charge in [-0.1, -0.05) is 11.6 Å². The van der Waals surface area contributed by atoms with Crippen molar-refractivity contribution in [3.8, 4) is 16.9 Å². The predicted octanol–water partition coefficient (Wildman–Crippen LogP) is 4.39. The zero-order valence-electron chi connectivity index (χ0n) is 18.5. The minimum Gasteiger partial charge on any atom is -0.508 e. The molecule has 2 aromatic carbocycles. The van der Waals surface area contributed by atoms with Crippen molar-refractivity contribution in [2.45, 2.75) is 0 Å². The Morgan fingerprint density at radius 2 is 1.94 bits per heavy atom. The molecule has 1 aliphatic rings. The Hall–Kier alpha value is -3.82. The molecular weight excluding hydrogens is 456 g/mol. The predicted molar refractivity (Wildman–Crippen MR) is 131 cm³/mol. The van der Waals surface area contributed by atoms with Crippen LogP contribution in [-0.4, -0.2) is 64.0 Å². The van der Waals surface area contributed by atoms with Gasteiger partial charge in [0.2, 0.25) is 5.95 Å². The second-order valence-corrected chi connectivity index (χ2v) is 8.31. The molecule has 0 aliphatic carbocycles. The van der Waals surface area contributed by atoms with Gasteiger partial charge in [0.25, 0.3) is 0 Å². The number of carbonyl (C=O) groups is 1. The summed E-state index contributed by atoms with van der Waals surface area (Å²) in [6.45, 7) is 2.44. The summed E-state index contributed by atoms with van der Waals surface area (Å²) in [5, 5.41) is 18.0. The molecule has 1 aliphatic heterocycles. The lowest BCUT2D eigenvalue weighted by atomic mass is 10.1. The summed E-state index contributed by atoms with van der Waals surface area (Å²) in [7, 11) is 1.63. The first-order valence-corrected chi connectivity index (χ1v) is 11.2. The van der Waals surface area contributed by atoms with Crippen LogP contribution in [0.5, 0.6) is 5.75 Å². The summed E-state index contributed by atoms with van der Waals surface area (Å²) in [5.74, 6) is 0.581.